The van der Waals surface area contributed by atoms with Crippen LogP contribution in [0, 0.1) is 5.41 Å². The van der Waals surface area contributed by atoms with Crippen LogP contribution in [0.3, 0.4) is 0 Å². The molecule has 7 heteroatoms. The molecule has 0 aromatic carbocycles. The molecule has 1 unspecified atom stereocenters. The zero-order valence-electron chi connectivity index (χ0n) is 15.0. The third-order valence-electron chi connectivity index (χ3n) is 3.62. The van der Waals surface area contributed by atoms with Crippen LogP contribution in [0.1, 0.15) is 38.9 Å². The molecule has 0 fully saturated rings. The lowest BCUT2D eigenvalue weighted by atomic mass is 9.94. The summed E-state index contributed by atoms with van der Waals surface area (Å²) in [7, 11) is 0. The van der Waals surface area contributed by atoms with Crippen LogP contribution in [0.2, 0.25) is 0 Å². The van der Waals surface area contributed by atoms with E-state index in [1.54, 1.807) is 30.1 Å². The van der Waals surface area contributed by atoms with Crippen molar-refractivity contribution >= 4 is 17.7 Å². The zero-order chi connectivity index (χ0) is 18.4. The molecule has 25 heavy (non-hydrogen) atoms. The van der Waals surface area contributed by atoms with Crippen molar-refractivity contribution < 1.29 is 4.79 Å². The molecule has 134 valence electrons. The third-order valence-corrected chi connectivity index (χ3v) is 4.27. The molecule has 0 bridgehead atoms. The Morgan fingerprint density at radius 3 is 2.72 bits per heavy atom. The summed E-state index contributed by atoms with van der Waals surface area (Å²) in [6.07, 6.45) is 4.35. The number of pyridine rings is 1. The van der Waals surface area contributed by atoms with Gasteiger partial charge in [0.15, 0.2) is 5.82 Å². The summed E-state index contributed by atoms with van der Waals surface area (Å²) in [6, 6.07) is 6.55. The maximum absolute atomic E-state index is 12.4. The molecule has 1 amide bonds. The SMILES string of the molecule is CSCCC(NC(=O)C(C)(C)C)c1cc(=O)[nH]c(-c2ccccn2)n1. The van der Waals surface area contributed by atoms with E-state index in [2.05, 4.69) is 20.3 Å². The lowest BCUT2D eigenvalue weighted by Crippen LogP contribution is -2.38. The molecule has 0 aliphatic heterocycles. The number of carbonyl (C=O) groups is 1. The third kappa shape index (κ3) is 5.42. The first-order valence-corrected chi connectivity index (χ1v) is 9.53. The zero-order valence-corrected chi connectivity index (χ0v) is 15.8. The molecule has 0 aliphatic carbocycles. The average Bonchev–Trinajstić information content (AvgIpc) is 2.57. The Morgan fingerprint density at radius 2 is 2.12 bits per heavy atom. The first kappa shape index (κ1) is 19.2. The Kier molecular flexibility index (Phi) is 6.36. The number of nitrogens with one attached hydrogen (secondary N) is 2. The lowest BCUT2D eigenvalue weighted by Gasteiger charge is -2.24. The minimum Gasteiger partial charge on any atom is -0.347 e. The van der Waals surface area contributed by atoms with Crippen molar-refractivity contribution in [2.45, 2.75) is 33.2 Å². The van der Waals surface area contributed by atoms with Gasteiger partial charge in [0, 0.05) is 17.7 Å². The average molecular weight is 360 g/mol. The fourth-order valence-corrected chi connectivity index (χ4v) is 2.65. The number of amides is 1. The molecule has 2 rings (SSSR count). The van der Waals surface area contributed by atoms with Crippen LogP contribution in [-0.4, -0.2) is 32.9 Å². The number of H-pyrrole nitrogens is 1. The molecule has 0 spiro atoms. The number of aromatic nitrogens is 3. The normalized spacial score (nSPS) is 12.6. The minimum absolute atomic E-state index is 0.0694. The maximum Gasteiger partial charge on any atom is 0.251 e. The second-order valence-corrected chi connectivity index (χ2v) is 7.78. The Morgan fingerprint density at radius 1 is 1.36 bits per heavy atom. The summed E-state index contributed by atoms with van der Waals surface area (Å²) < 4.78 is 0. The van der Waals surface area contributed by atoms with Crippen molar-refractivity contribution in [1.29, 1.82) is 0 Å². The van der Waals surface area contributed by atoms with Gasteiger partial charge in [-0.1, -0.05) is 26.8 Å². The van der Waals surface area contributed by atoms with Gasteiger partial charge in [0.05, 0.1) is 11.7 Å². The standard InChI is InChI=1S/C18H24N4O2S/c1-18(2,3)17(24)21-12(8-10-25-4)14-11-15(23)22-16(20-14)13-7-5-6-9-19-13/h5-7,9,11-12H,8,10H2,1-4H3,(H,21,24)(H,20,22,23). The lowest BCUT2D eigenvalue weighted by molar-refractivity contribution is -0.129. The van der Waals surface area contributed by atoms with Crippen LogP contribution in [-0.2, 0) is 4.79 Å². The summed E-state index contributed by atoms with van der Waals surface area (Å²) in [5.41, 5.74) is 0.371. The van der Waals surface area contributed by atoms with Crippen LogP contribution in [0.25, 0.3) is 11.5 Å². The first-order chi connectivity index (χ1) is 11.8. The van der Waals surface area contributed by atoms with Crippen LogP contribution in [0.5, 0.6) is 0 Å². The van der Waals surface area contributed by atoms with E-state index < -0.39 is 5.41 Å². The van der Waals surface area contributed by atoms with E-state index in [4.69, 9.17) is 0 Å². The van der Waals surface area contributed by atoms with Gasteiger partial charge in [-0.3, -0.25) is 14.6 Å². The van der Waals surface area contributed by atoms with Crippen LogP contribution < -0.4 is 10.9 Å². The quantitative estimate of drug-likeness (QED) is 0.827. The summed E-state index contributed by atoms with van der Waals surface area (Å²) in [5.74, 6) is 1.19. The Balaban J connectivity index is 2.38. The molecular weight excluding hydrogens is 336 g/mol. The summed E-state index contributed by atoms with van der Waals surface area (Å²) >= 11 is 1.69. The van der Waals surface area contributed by atoms with Gasteiger partial charge in [0.25, 0.3) is 5.56 Å². The molecule has 2 N–H and O–H groups in total. The van der Waals surface area contributed by atoms with E-state index in [-0.39, 0.29) is 17.5 Å². The molecule has 2 aromatic heterocycles. The highest BCUT2D eigenvalue weighted by atomic mass is 32.2. The van der Waals surface area contributed by atoms with E-state index in [0.29, 0.717) is 23.6 Å². The molecule has 0 saturated carbocycles. The first-order valence-electron chi connectivity index (χ1n) is 8.14. The number of rotatable bonds is 6. The predicted molar refractivity (Wildman–Crippen MR) is 101 cm³/mol. The van der Waals surface area contributed by atoms with Gasteiger partial charge in [0.2, 0.25) is 5.91 Å². The van der Waals surface area contributed by atoms with Crippen LogP contribution in [0.15, 0.2) is 35.3 Å². The van der Waals surface area contributed by atoms with Crippen LogP contribution >= 0.6 is 11.8 Å². The molecule has 2 aromatic rings. The molecule has 2 heterocycles. The minimum atomic E-state index is -0.511. The highest BCUT2D eigenvalue weighted by Crippen LogP contribution is 2.21. The van der Waals surface area contributed by atoms with Gasteiger partial charge in [-0.15, -0.1) is 0 Å². The van der Waals surface area contributed by atoms with E-state index in [9.17, 15) is 9.59 Å². The second kappa shape index (κ2) is 8.29. The van der Waals surface area contributed by atoms with E-state index >= 15 is 0 Å². The Labute approximate surface area is 151 Å². The number of aromatic amines is 1. The number of carbonyl (C=O) groups excluding carboxylic acids is 1. The molecular formula is C18H24N4O2S. The molecule has 0 aliphatic rings. The van der Waals surface area contributed by atoms with Gasteiger partial charge >= 0.3 is 0 Å². The smallest absolute Gasteiger partial charge is 0.251 e. The fraction of sp³-hybridized carbons (Fsp3) is 0.444. The number of nitrogens with zero attached hydrogens (tertiary/aromatic N) is 2. The van der Waals surface area contributed by atoms with Crippen molar-refractivity contribution in [2.24, 2.45) is 5.41 Å². The number of hydrogen-bond donors (Lipinski definition) is 2. The molecule has 0 radical (unpaired) electrons. The van der Waals surface area contributed by atoms with Gasteiger partial charge < -0.3 is 10.3 Å². The fourth-order valence-electron chi connectivity index (χ4n) is 2.18. The second-order valence-electron chi connectivity index (χ2n) is 6.79. The monoisotopic (exact) mass is 360 g/mol. The highest BCUT2D eigenvalue weighted by molar-refractivity contribution is 7.98. The Bertz CT molecular complexity index is 769. The number of hydrogen-bond acceptors (Lipinski definition) is 5. The van der Waals surface area contributed by atoms with E-state index in [1.807, 2.05) is 33.1 Å². The van der Waals surface area contributed by atoms with Gasteiger partial charge in [0.1, 0.15) is 5.69 Å². The van der Waals surface area contributed by atoms with Crippen molar-refractivity contribution in [1.82, 2.24) is 20.3 Å². The largest absolute Gasteiger partial charge is 0.347 e. The topological polar surface area (TPSA) is 87.7 Å². The molecule has 0 saturated heterocycles. The number of thioether (sulfide) groups is 1. The van der Waals surface area contributed by atoms with Gasteiger partial charge in [-0.05, 0) is 30.6 Å². The summed E-state index contributed by atoms with van der Waals surface area (Å²) in [6.45, 7) is 5.58. The van der Waals surface area contributed by atoms with Gasteiger partial charge in [-0.25, -0.2) is 4.98 Å². The predicted octanol–water partition coefficient (Wildman–Crippen LogP) is 2.79. The van der Waals surface area contributed by atoms with Crippen molar-refractivity contribution in [2.75, 3.05) is 12.0 Å². The highest BCUT2D eigenvalue weighted by Gasteiger charge is 2.25. The van der Waals surface area contributed by atoms with Crippen molar-refractivity contribution in [3.05, 3.63) is 46.5 Å². The Hall–Kier alpha value is -2.15. The van der Waals surface area contributed by atoms with E-state index in [1.165, 1.54) is 6.07 Å². The molecule has 6 nitrogen and oxygen atoms in total. The maximum atomic E-state index is 12.4. The summed E-state index contributed by atoms with van der Waals surface area (Å²) in [4.78, 5) is 36.0. The van der Waals surface area contributed by atoms with Crippen molar-refractivity contribution in [3.8, 4) is 11.5 Å². The molecule has 1 atom stereocenters. The van der Waals surface area contributed by atoms with Gasteiger partial charge in [-0.2, -0.15) is 11.8 Å². The van der Waals surface area contributed by atoms with E-state index in [0.717, 1.165) is 5.75 Å². The van der Waals surface area contributed by atoms with Crippen LogP contribution in [0.4, 0.5) is 0 Å². The van der Waals surface area contributed by atoms with Crippen molar-refractivity contribution in [3.63, 3.8) is 0 Å². The summed E-state index contributed by atoms with van der Waals surface area (Å²) in [5, 5.41) is 3.03.